The first-order chi connectivity index (χ1) is 8.83. The average molecular weight is 354 g/mol. The molecular formula is C14H23Cl3N4. The molecule has 1 saturated heterocycles. The van der Waals surface area contributed by atoms with Gasteiger partial charge in [0.2, 0.25) is 0 Å². The van der Waals surface area contributed by atoms with E-state index in [2.05, 4.69) is 39.4 Å². The van der Waals surface area contributed by atoms with Gasteiger partial charge < -0.3 is 10.3 Å². The number of hydrogen-bond acceptors (Lipinski definition) is 3. The lowest BCUT2D eigenvalue weighted by molar-refractivity contribution is 0.188. The molecule has 0 atom stereocenters. The summed E-state index contributed by atoms with van der Waals surface area (Å²) < 4.78 is 0. The maximum atomic E-state index is 4.63. The fourth-order valence-electron chi connectivity index (χ4n) is 2.69. The van der Waals surface area contributed by atoms with Crippen molar-refractivity contribution in [2.75, 3.05) is 20.1 Å². The standard InChI is InChI=1S/C14H20N4.3ClH/c1-18(11-6-8-15-9-7-11)10-14-16-12-4-2-3-5-13(12)17-14;;;/h2-5,11,15H,6-10H2,1H3,(H,16,17);3*1H. The number of imidazole rings is 1. The molecule has 0 unspecified atom stereocenters. The lowest BCUT2D eigenvalue weighted by Crippen LogP contribution is -2.40. The van der Waals surface area contributed by atoms with Gasteiger partial charge in [0, 0.05) is 6.04 Å². The summed E-state index contributed by atoms with van der Waals surface area (Å²) in [6.07, 6.45) is 2.47. The summed E-state index contributed by atoms with van der Waals surface area (Å²) in [6.45, 7) is 3.17. The van der Waals surface area contributed by atoms with E-state index >= 15 is 0 Å². The Bertz CT molecular complexity index is 493. The van der Waals surface area contributed by atoms with Gasteiger partial charge in [-0.2, -0.15) is 0 Å². The van der Waals surface area contributed by atoms with Gasteiger partial charge in [-0.25, -0.2) is 4.98 Å². The largest absolute Gasteiger partial charge is 0.341 e. The highest BCUT2D eigenvalue weighted by Crippen LogP contribution is 2.15. The van der Waals surface area contributed by atoms with Gasteiger partial charge >= 0.3 is 0 Å². The highest BCUT2D eigenvalue weighted by atomic mass is 35.5. The maximum absolute atomic E-state index is 4.63. The first-order valence-electron chi connectivity index (χ1n) is 6.67. The van der Waals surface area contributed by atoms with E-state index < -0.39 is 0 Å². The Labute approximate surface area is 144 Å². The molecular weight excluding hydrogens is 331 g/mol. The molecule has 2 aromatic rings. The molecule has 120 valence electrons. The zero-order valence-corrected chi connectivity index (χ0v) is 14.5. The summed E-state index contributed by atoms with van der Waals surface area (Å²) in [5.41, 5.74) is 2.19. The van der Waals surface area contributed by atoms with Gasteiger partial charge in [-0.1, -0.05) is 12.1 Å². The SMILES string of the molecule is CN(Cc1nc2ccccc2[nH]1)C1CCNCC1.Cl.Cl.Cl. The Balaban J connectivity index is 0.00000133. The summed E-state index contributed by atoms with van der Waals surface area (Å²) in [6, 6.07) is 8.89. The van der Waals surface area contributed by atoms with Crippen molar-refractivity contribution in [3.63, 3.8) is 0 Å². The second-order valence-electron chi connectivity index (χ2n) is 5.10. The molecule has 2 N–H and O–H groups in total. The normalized spacial score (nSPS) is 15.1. The quantitative estimate of drug-likeness (QED) is 0.891. The fourth-order valence-corrected chi connectivity index (χ4v) is 2.69. The predicted molar refractivity (Wildman–Crippen MR) is 95.2 cm³/mol. The smallest absolute Gasteiger partial charge is 0.121 e. The van der Waals surface area contributed by atoms with Gasteiger partial charge in [-0.05, 0) is 45.1 Å². The van der Waals surface area contributed by atoms with E-state index in [1.54, 1.807) is 0 Å². The third kappa shape index (κ3) is 5.01. The van der Waals surface area contributed by atoms with Gasteiger partial charge in [0.15, 0.2) is 0 Å². The third-order valence-corrected chi connectivity index (χ3v) is 3.77. The summed E-state index contributed by atoms with van der Waals surface area (Å²) in [5, 5.41) is 3.40. The molecule has 1 aliphatic heterocycles. The molecule has 0 saturated carbocycles. The van der Waals surface area contributed by atoms with E-state index in [0.29, 0.717) is 6.04 Å². The van der Waals surface area contributed by atoms with Gasteiger partial charge in [-0.3, -0.25) is 4.90 Å². The number of rotatable bonds is 3. The number of fused-ring (bicyclic) bond motifs is 1. The summed E-state index contributed by atoms with van der Waals surface area (Å²) in [5.74, 6) is 1.07. The molecule has 4 nitrogen and oxygen atoms in total. The lowest BCUT2D eigenvalue weighted by atomic mass is 10.1. The minimum absolute atomic E-state index is 0. The van der Waals surface area contributed by atoms with Crippen LogP contribution in [-0.4, -0.2) is 41.0 Å². The second-order valence-corrected chi connectivity index (χ2v) is 5.10. The number of aromatic nitrogens is 2. The Morgan fingerprint density at radius 2 is 1.81 bits per heavy atom. The van der Waals surface area contributed by atoms with Crippen LogP contribution in [-0.2, 0) is 6.54 Å². The summed E-state index contributed by atoms with van der Waals surface area (Å²) in [7, 11) is 2.20. The number of benzene rings is 1. The molecule has 0 radical (unpaired) electrons. The molecule has 0 spiro atoms. The summed E-state index contributed by atoms with van der Waals surface area (Å²) >= 11 is 0. The Morgan fingerprint density at radius 3 is 2.48 bits per heavy atom. The van der Waals surface area contributed by atoms with Gasteiger partial charge in [-0.15, -0.1) is 37.2 Å². The number of halogens is 3. The van der Waals surface area contributed by atoms with E-state index in [0.717, 1.165) is 36.5 Å². The zero-order valence-electron chi connectivity index (χ0n) is 12.0. The number of para-hydroxylation sites is 2. The Morgan fingerprint density at radius 1 is 1.14 bits per heavy atom. The third-order valence-electron chi connectivity index (χ3n) is 3.77. The van der Waals surface area contributed by atoms with Crippen LogP contribution < -0.4 is 5.32 Å². The highest BCUT2D eigenvalue weighted by molar-refractivity contribution is 5.86. The molecule has 21 heavy (non-hydrogen) atoms. The number of nitrogens with one attached hydrogen (secondary N) is 2. The predicted octanol–water partition coefficient (Wildman–Crippen LogP) is 3.01. The van der Waals surface area contributed by atoms with Gasteiger partial charge in [0.05, 0.1) is 17.6 Å². The molecule has 7 heteroatoms. The van der Waals surface area contributed by atoms with E-state index in [1.165, 1.54) is 12.8 Å². The van der Waals surface area contributed by atoms with Crippen molar-refractivity contribution in [1.29, 1.82) is 0 Å². The first-order valence-corrected chi connectivity index (χ1v) is 6.67. The van der Waals surface area contributed by atoms with Gasteiger partial charge in [0.1, 0.15) is 5.82 Å². The highest BCUT2D eigenvalue weighted by Gasteiger charge is 2.18. The van der Waals surface area contributed by atoms with Crippen LogP contribution >= 0.6 is 37.2 Å². The number of hydrogen-bond donors (Lipinski definition) is 2. The fraction of sp³-hybridized carbons (Fsp3) is 0.500. The maximum Gasteiger partial charge on any atom is 0.121 e. The average Bonchev–Trinajstić information content (AvgIpc) is 2.82. The number of H-pyrrole nitrogens is 1. The van der Waals surface area contributed by atoms with Crippen LogP contribution in [0.4, 0.5) is 0 Å². The van der Waals surface area contributed by atoms with Crippen molar-refractivity contribution in [2.45, 2.75) is 25.4 Å². The molecule has 0 bridgehead atoms. The molecule has 1 aromatic carbocycles. The van der Waals surface area contributed by atoms with E-state index in [-0.39, 0.29) is 37.2 Å². The van der Waals surface area contributed by atoms with Crippen LogP contribution in [0, 0.1) is 0 Å². The minimum Gasteiger partial charge on any atom is -0.341 e. The minimum atomic E-state index is 0. The monoisotopic (exact) mass is 352 g/mol. The summed E-state index contributed by atoms with van der Waals surface area (Å²) in [4.78, 5) is 10.4. The molecule has 2 heterocycles. The molecule has 3 rings (SSSR count). The molecule has 0 amide bonds. The molecule has 1 aliphatic rings. The topological polar surface area (TPSA) is 44.0 Å². The van der Waals surface area contributed by atoms with Crippen molar-refractivity contribution >= 4 is 48.3 Å². The lowest BCUT2D eigenvalue weighted by Gasteiger charge is -2.30. The van der Waals surface area contributed by atoms with Crippen molar-refractivity contribution in [1.82, 2.24) is 20.2 Å². The van der Waals surface area contributed by atoms with E-state index in [4.69, 9.17) is 0 Å². The van der Waals surface area contributed by atoms with Crippen molar-refractivity contribution < 1.29 is 0 Å². The van der Waals surface area contributed by atoms with Crippen LogP contribution in [0.5, 0.6) is 0 Å². The van der Waals surface area contributed by atoms with Crippen molar-refractivity contribution in [3.05, 3.63) is 30.1 Å². The van der Waals surface area contributed by atoms with Crippen LogP contribution in [0.3, 0.4) is 0 Å². The first kappa shape index (κ1) is 20.5. The van der Waals surface area contributed by atoms with Crippen LogP contribution in [0.25, 0.3) is 11.0 Å². The van der Waals surface area contributed by atoms with Gasteiger partial charge in [0.25, 0.3) is 0 Å². The zero-order chi connectivity index (χ0) is 12.4. The Kier molecular flexibility index (Phi) is 9.25. The van der Waals surface area contributed by atoms with E-state index in [1.807, 2.05) is 12.1 Å². The Hall–Kier alpha value is -0.520. The second kappa shape index (κ2) is 9.49. The van der Waals surface area contributed by atoms with Crippen LogP contribution in [0.2, 0.25) is 0 Å². The number of piperidine rings is 1. The van der Waals surface area contributed by atoms with Crippen LogP contribution in [0.15, 0.2) is 24.3 Å². The van der Waals surface area contributed by atoms with E-state index in [9.17, 15) is 0 Å². The molecule has 1 fully saturated rings. The van der Waals surface area contributed by atoms with Crippen molar-refractivity contribution in [2.24, 2.45) is 0 Å². The van der Waals surface area contributed by atoms with Crippen LogP contribution in [0.1, 0.15) is 18.7 Å². The van der Waals surface area contributed by atoms with Crippen molar-refractivity contribution in [3.8, 4) is 0 Å². The number of aromatic amines is 1. The molecule has 0 aliphatic carbocycles. The number of nitrogens with zero attached hydrogens (tertiary/aromatic N) is 2. The molecule has 1 aromatic heterocycles.